The molecule has 0 spiro atoms. The average molecular weight is 349 g/mol. The monoisotopic (exact) mass is 348 g/mol. The van der Waals surface area contributed by atoms with Crippen LogP contribution in [0.15, 0.2) is 41.0 Å². The van der Waals surface area contributed by atoms with E-state index in [-0.39, 0.29) is 6.04 Å². The van der Waals surface area contributed by atoms with Crippen LogP contribution in [-0.4, -0.2) is 19.1 Å². The first kappa shape index (κ1) is 16.0. The van der Waals surface area contributed by atoms with Gasteiger partial charge in [0.2, 0.25) is 0 Å². The van der Waals surface area contributed by atoms with E-state index in [4.69, 9.17) is 4.74 Å². The zero-order chi connectivity index (χ0) is 15.2. The highest BCUT2D eigenvalue weighted by molar-refractivity contribution is 9.10. The third-order valence-corrected chi connectivity index (χ3v) is 4.44. The van der Waals surface area contributed by atoms with Gasteiger partial charge in [-0.15, -0.1) is 0 Å². The first-order valence-electron chi connectivity index (χ1n) is 7.13. The van der Waals surface area contributed by atoms with E-state index in [2.05, 4.69) is 45.3 Å². The summed E-state index contributed by atoms with van der Waals surface area (Å²) in [5, 5.41) is 3.38. The van der Waals surface area contributed by atoms with Crippen molar-refractivity contribution in [2.75, 3.05) is 14.2 Å². The molecule has 2 aromatic rings. The zero-order valence-corrected chi connectivity index (χ0v) is 14.3. The Labute approximate surface area is 134 Å². The van der Waals surface area contributed by atoms with Crippen LogP contribution in [0.2, 0.25) is 0 Å². The lowest BCUT2D eigenvalue weighted by Gasteiger charge is -2.19. The number of nitrogens with one attached hydrogen (secondary N) is 1. The number of rotatable bonds is 6. The standard InChI is InChI=1S/C17H21BrN2O/c1-4-12-6-5-9-20-17(12)16(19-2)11-13-10-14(21-3)7-8-15(13)18/h5-10,16,19H,4,11H2,1-3H3. The van der Waals surface area contributed by atoms with Crippen LogP contribution in [0.1, 0.15) is 29.8 Å². The molecule has 0 radical (unpaired) electrons. The molecule has 0 fully saturated rings. The molecular formula is C17H21BrN2O. The van der Waals surface area contributed by atoms with E-state index >= 15 is 0 Å². The molecule has 0 saturated heterocycles. The fraction of sp³-hybridized carbons (Fsp3) is 0.353. The summed E-state index contributed by atoms with van der Waals surface area (Å²) < 4.78 is 6.41. The number of methoxy groups -OCH3 is 1. The second kappa shape index (κ2) is 7.57. The van der Waals surface area contributed by atoms with Gasteiger partial charge < -0.3 is 10.1 Å². The van der Waals surface area contributed by atoms with Crippen molar-refractivity contribution in [3.05, 3.63) is 57.8 Å². The smallest absolute Gasteiger partial charge is 0.119 e. The van der Waals surface area contributed by atoms with Crippen LogP contribution in [0.3, 0.4) is 0 Å². The van der Waals surface area contributed by atoms with Crippen molar-refractivity contribution in [2.24, 2.45) is 0 Å². The van der Waals surface area contributed by atoms with Gasteiger partial charge in [0.1, 0.15) is 5.75 Å². The van der Waals surface area contributed by atoms with Gasteiger partial charge in [0, 0.05) is 10.7 Å². The summed E-state index contributed by atoms with van der Waals surface area (Å²) in [5.74, 6) is 0.875. The van der Waals surface area contributed by atoms with E-state index in [1.165, 1.54) is 11.1 Å². The average Bonchev–Trinajstić information content (AvgIpc) is 2.54. The number of hydrogen-bond acceptors (Lipinski definition) is 3. The number of likely N-dealkylation sites (N-methyl/N-ethyl adjacent to an activating group) is 1. The number of aryl methyl sites for hydroxylation is 1. The quantitative estimate of drug-likeness (QED) is 0.858. The fourth-order valence-electron chi connectivity index (χ4n) is 2.45. The Hall–Kier alpha value is -1.39. The fourth-order valence-corrected chi connectivity index (χ4v) is 2.86. The predicted molar refractivity (Wildman–Crippen MR) is 89.8 cm³/mol. The molecule has 0 aliphatic rings. The molecule has 21 heavy (non-hydrogen) atoms. The van der Waals surface area contributed by atoms with Crippen LogP contribution in [0.4, 0.5) is 0 Å². The molecule has 112 valence electrons. The van der Waals surface area contributed by atoms with Gasteiger partial charge in [-0.05, 0) is 55.3 Å². The summed E-state index contributed by atoms with van der Waals surface area (Å²) in [6.45, 7) is 2.16. The van der Waals surface area contributed by atoms with Crippen molar-refractivity contribution < 1.29 is 4.74 Å². The van der Waals surface area contributed by atoms with E-state index < -0.39 is 0 Å². The molecule has 1 heterocycles. The van der Waals surface area contributed by atoms with Crippen molar-refractivity contribution in [3.8, 4) is 5.75 Å². The van der Waals surface area contributed by atoms with E-state index in [0.717, 1.165) is 28.8 Å². The number of nitrogens with zero attached hydrogens (tertiary/aromatic N) is 1. The number of benzene rings is 1. The molecule has 1 N–H and O–H groups in total. The molecule has 1 aromatic heterocycles. The van der Waals surface area contributed by atoms with Crippen LogP contribution >= 0.6 is 15.9 Å². The van der Waals surface area contributed by atoms with Crippen molar-refractivity contribution >= 4 is 15.9 Å². The van der Waals surface area contributed by atoms with Gasteiger partial charge in [0.25, 0.3) is 0 Å². The third kappa shape index (κ3) is 3.83. The number of pyridine rings is 1. The Bertz CT molecular complexity index is 601. The van der Waals surface area contributed by atoms with Crippen molar-refractivity contribution in [3.63, 3.8) is 0 Å². The molecule has 0 aliphatic heterocycles. The molecule has 4 heteroatoms. The summed E-state index contributed by atoms with van der Waals surface area (Å²) in [4.78, 5) is 4.58. The van der Waals surface area contributed by atoms with Gasteiger partial charge in [-0.1, -0.05) is 28.9 Å². The first-order valence-corrected chi connectivity index (χ1v) is 7.92. The highest BCUT2D eigenvalue weighted by atomic mass is 79.9. The summed E-state index contributed by atoms with van der Waals surface area (Å²) in [6, 6.07) is 10.4. The van der Waals surface area contributed by atoms with Crippen LogP contribution in [0, 0.1) is 0 Å². The SMILES string of the molecule is CCc1cccnc1C(Cc1cc(OC)ccc1Br)NC. The van der Waals surface area contributed by atoms with Gasteiger partial charge in [0.15, 0.2) is 0 Å². The summed E-state index contributed by atoms with van der Waals surface area (Å²) in [6.07, 6.45) is 3.71. The summed E-state index contributed by atoms with van der Waals surface area (Å²) in [7, 11) is 3.67. The van der Waals surface area contributed by atoms with Crippen LogP contribution < -0.4 is 10.1 Å². The Balaban J connectivity index is 2.31. The van der Waals surface area contributed by atoms with Crippen LogP contribution in [0.5, 0.6) is 5.75 Å². The zero-order valence-electron chi connectivity index (χ0n) is 12.7. The molecule has 2 rings (SSSR count). The third-order valence-electron chi connectivity index (χ3n) is 3.66. The molecule has 1 aromatic carbocycles. The predicted octanol–water partition coefficient (Wildman–Crippen LogP) is 3.92. The second-order valence-corrected chi connectivity index (χ2v) is 5.76. The van der Waals surface area contributed by atoms with Gasteiger partial charge in [0.05, 0.1) is 18.8 Å². The normalized spacial score (nSPS) is 12.2. The minimum atomic E-state index is 0.185. The van der Waals surface area contributed by atoms with Gasteiger partial charge >= 0.3 is 0 Å². The number of aromatic nitrogens is 1. The Morgan fingerprint density at radius 2 is 2.10 bits per heavy atom. The molecule has 1 unspecified atom stereocenters. The van der Waals surface area contributed by atoms with Gasteiger partial charge in [-0.25, -0.2) is 0 Å². The maximum atomic E-state index is 5.32. The molecule has 0 saturated carbocycles. The largest absolute Gasteiger partial charge is 0.497 e. The van der Waals surface area contributed by atoms with Crippen LogP contribution in [-0.2, 0) is 12.8 Å². The molecule has 0 aliphatic carbocycles. The van der Waals surface area contributed by atoms with Crippen LogP contribution in [0.25, 0.3) is 0 Å². The van der Waals surface area contributed by atoms with Crippen molar-refractivity contribution in [1.29, 1.82) is 0 Å². The van der Waals surface area contributed by atoms with Crippen molar-refractivity contribution in [2.45, 2.75) is 25.8 Å². The summed E-state index contributed by atoms with van der Waals surface area (Å²) in [5.41, 5.74) is 3.62. The number of ether oxygens (including phenoxy) is 1. The Morgan fingerprint density at radius 1 is 1.29 bits per heavy atom. The second-order valence-electron chi connectivity index (χ2n) is 4.90. The lowest BCUT2D eigenvalue weighted by molar-refractivity contribution is 0.413. The highest BCUT2D eigenvalue weighted by Gasteiger charge is 2.16. The van der Waals surface area contributed by atoms with Crippen molar-refractivity contribution in [1.82, 2.24) is 10.3 Å². The minimum Gasteiger partial charge on any atom is -0.497 e. The molecule has 3 nitrogen and oxygen atoms in total. The topological polar surface area (TPSA) is 34.1 Å². The summed E-state index contributed by atoms with van der Waals surface area (Å²) >= 11 is 3.62. The van der Waals surface area contributed by atoms with Gasteiger partial charge in [-0.2, -0.15) is 0 Å². The highest BCUT2D eigenvalue weighted by Crippen LogP contribution is 2.28. The maximum Gasteiger partial charge on any atom is 0.119 e. The minimum absolute atomic E-state index is 0.185. The number of hydrogen-bond donors (Lipinski definition) is 1. The Morgan fingerprint density at radius 3 is 2.76 bits per heavy atom. The molecule has 0 bridgehead atoms. The molecule has 0 amide bonds. The lowest BCUT2D eigenvalue weighted by Crippen LogP contribution is -2.21. The van der Waals surface area contributed by atoms with E-state index in [1.54, 1.807) is 7.11 Å². The number of halogens is 1. The molecular weight excluding hydrogens is 328 g/mol. The van der Waals surface area contributed by atoms with E-state index in [9.17, 15) is 0 Å². The van der Waals surface area contributed by atoms with E-state index in [0.29, 0.717) is 0 Å². The first-order chi connectivity index (χ1) is 10.2. The molecule has 1 atom stereocenters. The Kier molecular flexibility index (Phi) is 5.76. The lowest BCUT2D eigenvalue weighted by atomic mass is 9.98. The van der Waals surface area contributed by atoms with Gasteiger partial charge in [-0.3, -0.25) is 4.98 Å². The van der Waals surface area contributed by atoms with E-state index in [1.807, 2.05) is 31.4 Å². The maximum absolute atomic E-state index is 5.32.